The van der Waals surface area contributed by atoms with E-state index < -0.39 is 48.8 Å². The normalized spacial score (nSPS) is 27.6. The Balaban J connectivity index is 1.66. The van der Waals surface area contributed by atoms with E-state index in [9.17, 15) is 8.42 Å². The van der Waals surface area contributed by atoms with Gasteiger partial charge in [-0.1, -0.05) is 26.8 Å². The Bertz CT molecular complexity index is 950. The van der Waals surface area contributed by atoms with Gasteiger partial charge in [-0.25, -0.2) is 0 Å². The topological polar surface area (TPSA) is 89.5 Å². The van der Waals surface area contributed by atoms with Gasteiger partial charge in [0.15, 0.2) is 24.3 Å². The minimum absolute atomic E-state index is 0.0364. The minimum Gasteiger partial charge on any atom is -0.544 e. The zero-order valence-corrected chi connectivity index (χ0v) is 22.5. The monoisotopic (exact) mass is 500 g/mol. The summed E-state index contributed by atoms with van der Waals surface area (Å²) in [6, 6.07) is 6.30. The fourth-order valence-electron chi connectivity index (χ4n) is 3.36. The molecule has 33 heavy (non-hydrogen) atoms. The van der Waals surface area contributed by atoms with Gasteiger partial charge in [-0.3, -0.25) is 4.18 Å². The van der Waals surface area contributed by atoms with Crippen molar-refractivity contribution in [1.82, 2.24) is 0 Å². The van der Waals surface area contributed by atoms with E-state index in [0.717, 1.165) is 0 Å². The van der Waals surface area contributed by atoms with E-state index in [1.54, 1.807) is 32.1 Å². The van der Waals surface area contributed by atoms with Crippen molar-refractivity contribution < 1.29 is 36.0 Å². The van der Waals surface area contributed by atoms with Crippen LogP contribution in [0.2, 0.25) is 18.1 Å². The fraction of sp³-hybridized carbons (Fsp3) is 0.652. The SMILES string of the molecule is C/C=C\O[C@@H]1[C@H]2OC(C)(C)O[C@H]2O[C@@H]1COS(=O)(=O)c1ccc(O[Si](C)(C)C(C)(C)C)cc1. The molecule has 2 aliphatic rings. The number of allylic oxidation sites excluding steroid dienone is 1. The van der Waals surface area contributed by atoms with Gasteiger partial charge in [0.25, 0.3) is 10.1 Å². The lowest BCUT2D eigenvalue weighted by molar-refractivity contribution is -0.217. The molecule has 3 rings (SSSR count). The summed E-state index contributed by atoms with van der Waals surface area (Å²) < 4.78 is 60.3. The molecule has 2 heterocycles. The van der Waals surface area contributed by atoms with Crippen molar-refractivity contribution in [3.8, 4) is 5.75 Å². The van der Waals surface area contributed by atoms with E-state index in [2.05, 4.69) is 33.9 Å². The van der Waals surface area contributed by atoms with E-state index in [4.69, 9.17) is 27.6 Å². The first-order chi connectivity index (χ1) is 15.2. The first-order valence-electron chi connectivity index (χ1n) is 11.1. The molecule has 0 N–H and O–H groups in total. The zero-order chi connectivity index (χ0) is 24.7. The molecule has 10 heteroatoms. The predicted molar refractivity (Wildman–Crippen MR) is 126 cm³/mol. The number of rotatable bonds is 8. The van der Waals surface area contributed by atoms with Crippen LogP contribution in [0.15, 0.2) is 41.5 Å². The molecule has 0 amide bonds. The number of ether oxygens (including phenoxy) is 4. The molecule has 2 fully saturated rings. The second-order valence-corrected chi connectivity index (χ2v) is 16.6. The highest BCUT2D eigenvalue weighted by atomic mass is 32.2. The van der Waals surface area contributed by atoms with E-state index in [-0.39, 0.29) is 16.5 Å². The van der Waals surface area contributed by atoms with Crippen molar-refractivity contribution in [3.63, 3.8) is 0 Å². The molecule has 0 saturated carbocycles. The van der Waals surface area contributed by atoms with Crippen LogP contribution in [0.1, 0.15) is 41.5 Å². The van der Waals surface area contributed by atoms with Crippen LogP contribution in [-0.2, 0) is 33.2 Å². The van der Waals surface area contributed by atoms with Crippen LogP contribution in [-0.4, -0.2) is 53.7 Å². The Labute approximate surface area is 198 Å². The molecule has 0 aliphatic carbocycles. The lowest BCUT2D eigenvalue weighted by Crippen LogP contribution is -2.43. The summed E-state index contributed by atoms with van der Waals surface area (Å²) in [5.74, 6) is -0.164. The largest absolute Gasteiger partial charge is 0.544 e. The molecule has 2 aliphatic heterocycles. The molecule has 0 aromatic heterocycles. The van der Waals surface area contributed by atoms with Gasteiger partial charge in [0.1, 0.15) is 11.9 Å². The van der Waals surface area contributed by atoms with Crippen molar-refractivity contribution in [3.05, 3.63) is 36.6 Å². The Morgan fingerprint density at radius 3 is 2.33 bits per heavy atom. The quantitative estimate of drug-likeness (QED) is 0.291. The maximum Gasteiger partial charge on any atom is 0.297 e. The van der Waals surface area contributed by atoms with Crippen LogP contribution in [0.5, 0.6) is 5.75 Å². The molecule has 4 atom stereocenters. The average Bonchev–Trinajstić information content (AvgIpc) is 3.15. The van der Waals surface area contributed by atoms with Gasteiger partial charge in [-0.05, 0) is 63.2 Å². The van der Waals surface area contributed by atoms with Gasteiger partial charge in [-0.2, -0.15) is 8.42 Å². The summed E-state index contributed by atoms with van der Waals surface area (Å²) in [7, 11) is -6.03. The highest BCUT2D eigenvalue weighted by Crippen LogP contribution is 2.40. The van der Waals surface area contributed by atoms with Gasteiger partial charge in [0.2, 0.25) is 8.32 Å². The highest BCUT2D eigenvalue weighted by Gasteiger charge is 2.56. The summed E-state index contributed by atoms with van der Waals surface area (Å²) >= 11 is 0. The van der Waals surface area contributed by atoms with Crippen LogP contribution in [0, 0.1) is 0 Å². The average molecular weight is 501 g/mol. The number of benzene rings is 1. The Morgan fingerprint density at radius 1 is 1.12 bits per heavy atom. The van der Waals surface area contributed by atoms with Gasteiger partial charge in [0.05, 0.1) is 17.8 Å². The van der Waals surface area contributed by atoms with Crippen LogP contribution >= 0.6 is 0 Å². The smallest absolute Gasteiger partial charge is 0.297 e. The van der Waals surface area contributed by atoms with Crippen molar-refractivity contribution in [2.75, 3.05) is 6.61 Å². The van der Waals surface area contributed by atoms with Crippen LogP contribution in [0.3, 0.4) is 0 Å². The molecule has 0 spiro atoms. The minimum atomic E-state index is -4.01. The maximum atomic E-state index is 12.8. The lowest BCUT2D eigenvalue weighted by Gasteiger charge is -2.36. The van der Waals surface area contributed by atoms with Gasteiger partial charge < -0.3 is 23.4 Å². The van der Waals surface area contributed by atoms with Crippen molar-refractivity contribution >= 4 is 18.4 Å². The third-order valence-electron chi connectivity index (χ3n) is 6.14. The van der Waals surface area contributed by atoms with Crippen molar-refractivity contribution in [2.24, 2.45) is 0 Å². The Hall–Kier alpha value is -1.43. The van der Waals surface area contributed by atoms with Crippen LogP contribution in [0.25, 0.3) is 0 Å². The summed E-state index contributed by atoms with van der Waals surface area (Å²) in [6.45, 7) is 15.9. The molecule has 186 valence electrons. The zero-order valence-electron chi connectivity index (χ0n) is 20.7. The Morgan fingerprint density at radius 2 is 1.76 bits per heavy atom. The number of hydrogen-bond acceptors (Lipinski definition) is 8. The number of fused-ring (bicyclic) bond motifs is 1. The molecular weight excluding hydrogens is 464 g/mol. The molecule has 8 nitrogen and oxygen atoms in total. The molecule has 1 aromatic rings. The molecule has 1 aromatic carbocycles. The summed E-state index contributed by atoms with van der Waals surface area (Å²) in [5, 5.41) is 0.0364. The molecular formula is C23H36O8SSi. The summed E-state index contributed by atoms with van der Waals surface area (Å²) in [6.07, 6.45) is 0.869. The third-order valence-corrected chi connectivity index (χ3v) is 11.8. The van der Waals surface area contributed by atoms with Crippen LogP contribution < -0.4 is 4.43 Å². The summed E-state index contributed by atoms with van der Waals surface area (Å²) in [4.78, 5) is 0.0443. The second-order valence-electron chi connectivity index (χ2n) is 10.3. The summed E-state index contributed by atoms with van der Waals surface area (Å²) in [5.41, 5.74) is 0. The first-order valence-corrected chi connectivity index (χ1v) is 15.4. The van der Waals surface area contributed by atoms with E-state index >= 15 is 0 Å². The molecule has 2 saturated heterocycles. The molecule has 0 unspecified atom stereocenters. The van der Waals surface area contributed by atoms with Gasteiger partial charge >= 0.3 is 0 Å². The highest BCUT2D eigenvalue weighted by molar-refractivity contribution is 7.86. The van der Waals surface area contributed by atoms with Crippen LogP contribution in [0.4, 0.5) is 0 Å². The molecule has 0 bridgehead atoms. The first kappa shape index (κ1) is 26.2. The lowest BCUT2D eigenvalue weighted by atomic mass is 10.1. The van der Waals surface area contributed by atoms with Crippen molar-refractivity contribution in [2.45, 2.75) is 95.0 Å². The van der Waals surface area contributed by atoms with Gasteiger partial charge in [0, 0.05) is 0 Å². The Kier molecular flexibility index (Phi) is 7.39. The maximum absolute atomic E-state index is 12.8. The standard InChI is InChI=1S/C23H36O8SSi/c1-9-14-26-19-18(28-21-20(19)29-23(5,6)30-21)15-27-32(24,25)17-12-10-16(11-13-17)31-33(7,8)22(2,3)4/h9-14,18-21H,15H2,1-8H3/b14-9-/t18-,19+,20-,21-/m1/s1. The number of hydrogen-bond donors (Lipinski definition) is 0. The van der Waals surface area contributed by atoms with E-state index in [0.29, 0.717) is 5.75 Å². The van der Waals surface area contributed by atoms with Gasteiger partial charge in [-0.15, -0.1) is 0 Å². The van der Waals surface area contributed by atoms with E-state index in [1.807, 2.05) is 6.92 Å². The van der Waals surface area contributed by atoms with Crippen molar-refractivity contribution in [1.29, 1.82) is 0 Å². The fourth-order valence-corrected chi connectivity index (χ4v) is 5.31. The van der Waals surface area contributed by atoms with E-state index in [1.165, 1.54) is 18.4 Å². The predicted octanol–water partition coefficient (Wildman–Crippen LogP) is 4.57. The molecule has 0 radical (unpaired) electrons. The second kappa shape index (κ2) is 9.31. The third kappa shape index (κ3) is 5.98.